The Labute approximate surface area is 74.5 Å². The van der Waals surface area contributed by atoms with E-state index in [9.17, 15) is 13.2 Å². The molecule has 72 valence electrons. The zero-order valence-electron chi connectivity index (χ0n) is 6.84. The van der Waals surface area contributed by atoms with Gasteiger partial charge in [0.2, 0.25) is 20.9 Å². The second kappa shape index (κ2) is 3.13. The van der Waals surface area contributed by atoms with Crippen LogP contribution >= 0.6 is 0 Å². The van der Waals surface area contributed by atoms with Crippen LogP contribution in [0.3, 0.4) is 0 Å². The minimum absolute atomic E-state index is 0.241. The number of sulfone groups is 1. The van der Waals surface area contributed by atoms with Crippen molar-refractivity contribution in [2.75, 3.05) is 6.26 Å². The second-order valence-corrected chi connectivity index (χ2v) is 4.39. The van der Waals surface area contributed by atoms with Crippen molar-refractivity contribution < 1.29 is 13.2 Å². The van der Waals surface area contributed by atoms with Crippen molar-refractivity contribution in [3.05, 3.63) is 6.33 Å². The predicted octanol–water partition coefficient (Wildman–Crippen LogP) is -1.83. The molecule has 0 bridgehead atoms. The van der Waals surface area contributed by atoms with E-state index < -0.39 is 15.7 Å². The first-order valence-corrected chi connectivity index (χ1v) is 5.16. The summed E-state index contributed by atoms with van der Waals surface area (Å²) in [5, 5.41) is 6.47. The van der Waals surface area contributed by atoms with Crippen molar-refractivity contribution in [2.24, 2.45) is 5.73 Å². The molecule has 0 saturated carbocycles. The normalized spacial score (nSPS) is 11.5. The number of rotatable bonds is 3. The second-order valence-electron chi connectivity index (χ2n) is 2.48. The summed E-state index contributed by atoms with van der Waals surface area (Å²) in [6.45, 7) is -0.241. The molecule has 1 heterocycles. The van der Waals surface area contributed by atoms with Crippen LogP contribution in [0.2, 0.25) is 0 Å². The summed E-state index contributed by atoms with van der Waals surface area (Å²) in [7, 11) is -3.45. The average molecular weight is 204 g/mol. The van der Waals surface area contributed by atoms with Gasteiger partial charge in [-0.3, -0.25) is 9.36 Å². The SMILES string of the molecule is CS(=O)(=O)c1nncn1CC(N)=O. The Morgan fingerprint density at radius 3 is 2.77 bits per heavy atom. The number of aromatic nitrogens is 3. The fraction of sp³-hybridized carbons (Fsp3) is 0.400. The van der Waals surface area contributed by atoms with Crippen molar-refractivity contribution in [1.82, 2.24) is 14.8 Å². The maximum atomic E-state index is 11.0. The largest absolute Gasteiger partial charge is 0.368 e. The molecule has 0 saturated heterocycles. The number of carbonyl (C=O) groups excluding carboxylic acids is 1. The van der Waals surface area contributed by atoms with Crippen LogP contribution < -0.4 is 5.73 Å². The monoisotopic (exact) mass is 204 g/mol. The van der Waals surface area contributed by atoms with E-state index in [1.54, 1.807) is 0 Å². The summed E-state index contributed by atoms with van der Waals surface area (Å²) in [5.41, 5.74) is 4.89. The van der Waals surface area contributed by atoms with Gasteiger partial charge in [0, 0.05) is 6.26 Å². The number of hydrogen-bond donors (Lipinski definition) is 1. The van der Waals surface area contributed by atoms with Gasteiger partial charge in [-0.2, -0.15) is 0 Å². The molecule has 1 aromatic rings. The van der Waals surface area contributed by atoms with E-state index in [0.29, 0.717) is 0 Å². The molecule has 1 rings (SSSR count). The molecule has 2 N–H and O–H groups in total. The van der Waals surface area contributed by atoms with Gasteiger partial charge in [-0.1, -0.05) is 0 Å². The number of nitrogens with zero attached hydrogens (tertiary/aromatic N) is 3. The average Bonchev–Trinajstić information content (AvgIpc) is 2.31. The predicted molar refractivity (Wildman–Crippen MR) is 42.3 cm³/mol. The van der Waals surface area contributed by atoms with E-state index in [1.165, 1.54) is 0 Å². The Bertz CT molecular complexity index is 421. The zero-order chi connectivity index (χ0) is 10.1. The van der Waals surface area contributed by atoms with Gasteiger partial charge in [0.05, 0.1) is 0 Å². The van der Waals surface area contributed by atoms with E-state index in [0.717, 1.165) is 17.2 Å². The Morgan fingerprint density at radius 2 is 2.31 bits per heavy atom. The van der Waals surface area contributed by atoms with Crippen molar-refractivity contribution in [3.8, 4) is 0 Å². The highest BCUT2D eigenvalue weighted by Gasteiger charge is 2.16. The van der Waals surface area contributed by atoms with Gasteiger partial charge in [0.1, 0.15) is 12.9 Å². The summed E-state index contributed by atoms with van der Waals surface area (Å²) in [4.78, 5) is 10.5. The third kappa shape index (κ3) is 2.25. The molecule has 0 aliphatic carbocycles. The molecule has 0 aliphatic heterocycles. The molecule has 0 aliphatic rings. The third-order valence-electron chi connectivity index (χ3n) is 1.24. The minimum Gasteiger partial charge on any atom is -0.368 e. The molecule has 0 radical (unpaired) electrons. The van der Waals surface area contributed by atoms with Gasteiger partial charge >= 0.3 is 0 Å². The summed E-state index contributed by atoms with van der Waals surface area (Å²) in [6, 6.07) is 0. The molecule has 1 amide bonds. The molecule has 1 aromatic heterocycles. The van der Waals surface area contributed by atoms with Gasteiger partial charge in [-0.15, -0.1) is 10.2 Å². The molecular weight excluding hydrogens is 196 g/mol. The maximum Gasteiger partial charge on any atom is 0.249 e. The van der Waals surface area contributed by atoms with Crippen molar-refractivity contribution >= 4 is 15.7 Å². The van der Waals surface area contributed by atoms with Crippen LogP contribution in [0.15, 0.2) is 11.5 Å². The van der Waals surface area contributed by atoms with Crippen LogP contribution in [0.4, 0.5) is 0 Å². The number of hydrogen-bond acceptors (Lipinski definition) is 5. The number of primary amides is 1. The van der Waals surface area contributed by atoms with Crippen LogP contribution in [-0.2, 0) is 21.2 Å². The molecule has 0 fully saturated rings. The summed E-state index contributed by atoms with van der Waals surface area (Å²) < 4.78 is 23.1. The smallest absolute Gasteiger partial charge is 0.249 e. The Balaban J connectivity index is 3.11. The van der Waals surface area contributed by atoms with Crippen molar-refractivity contribution in [1.29, 1.82) is 0 Å². The summed E-state index contributed by atoms with van der Waals surface area (Å²) >= 11 is 0. The first-order chi connectivity index (χ1) is 5.91. The standard InChI is InChI=1S/C5H8N4O3S/c1-13(11,12)5-8-7-3-9(5)2-4(6)10/h3H,2H2,1H3,(H2,6,10). The van der Waals surface area contributed by atoms with Crippen LogP contribution in [0.1, 0.15) is 0 Å². The molecule has 0 spiro atoms. The van der Waals surface area contributed by atoms with Gasteiger partial charge in [-0.25, -0.2) is 8.42 Å². The molecule has 7 nitrogen and oxygen atoms in total. The highest BCUT2D eigenvalue weighted by molar-refractivity contribution is 7.90. The van der Waals surface area contributed by atoms with Crippen LogP contribution in [-0.4, -0.2) is 35.3 Å². The zero-order valence-corrected chi connectivity index (χ0v) is 7.65. The number of carbonyl (C=O) groups is 1. The van der Waals surface area contributed by atoms with Crippen LogP contribution in [0.25, 0.3) is 0 Å². The highest BCUT2D eigenvalue weighted by Crippen LogP contribution is 2.02. The molecule has 0 unspecified atom stereocenters. The molecular formula is C5H8N4O3S. The molecule has 8 heteroatoms. The molecule has 0 aromatic carbocycles. The quantitative estimate of drug-likeness (QED) is 0.622. The fourth-order valence-electron chi connectivity index (χ4n) is 0.808. The Morgan fingerprint density at radius 1 is 1.69 bits per heavy atom. The van der Waals surface area contributed by atoms with E-state index in [2.05, 4.69) is 10.2 Å². The van der Waals surface area contributed by atoms with E-state index in [4.69, 9.17) is 5.73 Å². The van der Waals surface area contributed by atoms with Crippen molar-refractivity contribution in [3.63, 3.8) is 0 Å². The molecule has 13 heavy (non-hydrogen) atoms. The summed E-state index contributed by atoms with van der Waals surface area (Å²) in [5.74, 6) is -0.648. The Hall–Kier alpha value is -1.44. The minimum atomic E-state index is -3.45. The fourth-order valence-corrected chi connectivity index (χ4v) is 1.54. The van der Waals surface area contributed by atoms with Gasteiger partial charge in [0.25, 0.3) is 0 Å². The Kier molecular flexibility index (Phi) is 2.32. The van der Waals surface area contributed by atoms with Gasteiger partial charge in [0.15, 0.2) is 0 Å². The first kappa shape index (κ1) is 9.65. The van der Waals surface area contributed by atoms with Gasteiger partial charge in [-0.05, 0) is 0 Å². The van der Waals surface area contributed by atoms with Crippen molar-refractivity contribution in [2.45, 2.75) is 11.7 Å². The van der Waals surface area contributed by atoms with Crippen LogP contribution in [0, 0.1) is 0 Å². The lowest BCUT2D eigenvalue weighted by Crippen LogP contribution is -2.20. The third-order valence-corrected chi connectivity index (χ3v) is 2.22. The van der Waals surface area contributed by atoms with E-state index in [-0.39, 0.29) is 11.7 Å². The lowest BCUT2D eigenvalue weighted by Gasteiger charge is -2.00. The summed E-state index contributed by atoms with van der Waals surface area (Å²) in [6.07, 6.45) is 2.12. The van der Waals surface area contributed by atoms with Gasteiger partial charge < -0.3 is 5.73 Å². The van der Waals surface area contributed by atoms with E-state index in [1.807, 2.05) is 0 Å². The van der Waals surface area contributed by atoms with E-state index >= 15 is 0 Å². The maximum absolute atomic E-state index is 11.0. The van der Waals surface area contributed by atoms with Crippen LogP contribution in [0.5, 0.6) is 0 Å². The lowest BCUT2D eigenvalue weighted by molar-refractivity contribution is -0.118. The molecule has 0 atom stereocenters. The number of nitrogens with two attached hydrogens (primary N) is 1. The highest BCUT2D eigenvalue weighted by atomic mass is 32.2. The first-order valence-electron chi connectivity index (χ1n) is 3.27. The topological polar surface area (TPSA) is 108 Å². The number of amides is 1. The lowest BCUT2D eigenvalue weighted by atomic mass is 10.6.